The molecular weight excluding hydrogens is 374 g/mol. The van der Waals surface area contributed by atoms with E-state index in [2.05, 4.69) is 70.9 Å². The lowest BCUT2D eigenvalue weighted by atomic mass is 9.73. The lowest BCUT2D eigenvalue weighted by Gasteiger charge is -2.40. The van der Waals surface area contributed by atoms with E-state index < -0.39 is 0 Å². The van der Waals surface area contributed by atoms with Crippen LogP contribution in [0.2, 0.25) is 0 Å². The highest BCUT2D eigenvalue weighted by Crippen LogP contribution is 2.37. The Hall–Kier alpha value is -2.91. The van der Waals surface area contributed by atoms with Crippen molar-refractivity contribution < 1.29 is 6.53 Å². The SMILES string of the molecule is CC1(C)C[C@H](Nc2nc(NCCC3=Cc4ccccc4C3)ncc2C#N)CC[C@@H]1O.[HH]. The zero-order valence-electron chi connectivity index (χ0n) is 17.7. The molecule has 6 nitrogen and oxygen atoms in total. The predicted octanol–water partition coefficient (Wildman–Crippen LogP) is 4.39. The average Bonchev–Trinajstić information content (AvgIpc) is 3.13. The van der Waals surface area contributed by atoms with Crippen LogP contribution in [0.5, 0.6) is 0 Å². The van der Waals surface area contributed by atoms with Crippen LogP contribution in [0.1, 0.15) is 57.6 Å². The van der Waals surface area contributed by atoms with E-state index in [1.165, 1.54) is 16.7 Å². The molecule has 0 radical (unpaired) electrons. The number of aromatic nitrogens is 2. The Balaban J connectivity index is 0.00000272. The zero-order valence-corrected chi connectivity index (χ0v) is 17.7. The fraction of sp³-hybridized carbons (Fsp3) is 0.458. The second kappa shape index (κ2) is 8.45. The van der Waals surface area contributed by atoms with Gasteiger partial charge in [0.15, 0.2) is 0 Å². The number of hydrogen-bond donors (Lipinski definition) is 3. The maximum absolute atomic E-state index is 10.2. The molecule has 2 aliphatic rings. The Labute approximate surface area is 179 Å². The van der Waals surface area contributed by atoms with Gasteiger partial charge in [0.2, 0.25) is 5.95 Å². The first kappa shape index (κ1) is 20.4. The van der Waals surface area contributed by atoms with Crippen molar-refractivity contribution in [3.63, 3.8) is 0 Å². The number of fused-ring (bicyclic) bond motifs is 1. The number of nitrogens with one attached hydrogen (secondary N) is 2. The van der Waals surface area contributed by atoms with Gasteiger partial charge in [0, 0.05) is 14.0 Å². The molecule has 0 unspecified atom stereocenters. The molecule has 0 bridgehead atoms. The summed E-state index contributed by atoms with van der Waals surface area (Å²) in [5, 5.41) is 26.4. The van der Waals surface area contributed by atoms with E-state index >= 15 is 0 Å². The minimum atomic E-state index is -0.287. The lowest BCUT2D eigenvalue weighted by molar-refractivity contribution is 0.00926. The molecule has 1 heterocycles. The van der Waals surface area contributed by atoms with Crippen molar-refractivity contribution in [2.24, 2.45) is 5.41 Å². The fourth-order valence-corrected chi connectivity index (χ4v) is 4.45. The summed E-state index contributed by atoms with van der Waals surface area (Å²) >= 11 is 0. The normalized spacial score (nSPS) is 22.0. The number of anilines is 2. The average molecular weight is 406 g/mol. The molecular formula is C24H31N5O. The van der Waals surface area contributed by atoms with Crippen molar-refractivity contribution in [3.8, 4) is 6.07 Å². The molecule has 1 fully saturated rings. The number of hydrogen-bond acceptors (Lipinski definition) is 6. The number of rotatable bonds is 6. The monoisotopic (exact) mass is 405 g/mol. The molecule has 0 spiro atoms. The van der Waals surface area contributed by atoms with E-state index in [0.717, 1.165) is 38.6 Å². The van der Waals surface area contributed by atoms with Crippen LogP contribution in [0.3, 0.4) is 0 Å². The molecule has 2 atom stereocenters. The largest absolute Gasteiger partial charge is 0.393 e. The third-order valence-corrected chi connectivity index (χ3v) is 6.27. The van der Waals surface area contributed by atoms with Gasteiger partial charge >= 0.3 is 0 Å². The van der Waals surface area contributed by atoms with E-state index in [4.69, 9.17) is 0 Å². The molecule has 6 heteroatoms. The summed E-state index contributed by atoms with van der Waals surface area (Å²) in [7, 11) is 0. The summed E-state index contributed by atoms with van der Waals surface area (Å²) in [6.07, 6.45) is 7.92. The second-order valence-electron chi connectivity index (χ2n) is 9.05. The zero-order chi connectivity index (χ0) is 21.1. The van der Waals surface area contributed by atoms with E-state index in [0.29, 0.717) is 17.3 Å². The number of benzene rings is 1. The van der Waals surface area contributed by atoms with Gasteiger partial charge in [0.05, 0.1) is 12.3 Å². The standard InChI is InChI=1S/C24H29N5O.H2/c1-24(2)13-20(7-8-21(24)30)28-22-19(14-25)15-27-23(29-22)26-10-9-16-11-17-5-3-4-6-18(17)12-16;/h3-6,11,15,20-21,30H,7-10,12-13H2,1-2H3,(H2,26,27,28,29);1H/t20-,21+;/m1./s1. The highest BCUT2D eigenvalue weighted by atomic mass is 16.3. The molecule has 1 aromatic carbocycles. The summed E-state index contributed by atoms with van der Waals surface area (Å²) in [6.45, 7) is 4.91. The summed E-state index contributed by atoms with van der Waals surface area (Å²) < 4.78 is 0. The summed E-state index contributed by atoms with van der Waals surface area (Å²) in [6, 6.07) is 10.9. The van der Waals surface area contributed by atoms with Crippen molar-refractivity contribution in [1.29, 1.82) is 5.26 Å². The van der Waals surface area contributed by atoms with Gasteiger partial charge in [-0.05, 0) is 48.6 Å². The molecule has 1 saturated carbocycles. The molecule has 158 valence electrons. The summed E-state index contributed by atoms with van der Waals surface area (Å²) in [5.74, 6) is 1.10. The lowest BCUT2D eigenvalue weighted by Crippen LogP contribution is -2.41. The minimum Gasteiger partial charge on any atom is -0.393 e. The first-order valence-electron chi connectivity index (χ1n) is 10.7. The highest BCUT2D eigenvalue weighted by Gasteiger charge is 2.35. The van der Waals surface area contributed by atoms with E-state index in [1.54, 1.807) is 6.20 Å². The molecule has 1 aromatic heterocycles. The number of nitriles is 1. The van der Waals surface area contributed by atoms with E-state index in [1.807, 2.05) is 0 Å². The van der Waals surface area contributed by atoms with Gasteiger partial charge < -0.3 is 15.7 Å². The molecule has 2 aromatic rings. The molecule has 30 heavy (non-hydrogen) atoms. The molecule has 4 rings (SSSR count). The fourth-order valence-electron chi connectivity index (χ4n) is 4.45. The smallest absolute Gasteiger partial charge is 0.224 e. The highest BCUT2D eigenvalue weighted by molar-refractivity contribution is 5.63. The van der Waals surface area contributed by atoms with Crippen LogP contribution in [0.15, 0.2) is 36.0 Å². The van der Waals surface area contributed by atoms with E-state index in [-0.39, 0.29) is 19.0 Å². The van der Waals surface area contributed by atoms with Gasteiger partial charge in [-0.2, -0.15) is 10.2 Å². The number of aliphatic hydroxyl groups excluding tert-OH is 1. The van der Waals surface area contributed by atoms with Gasteiger partial charge in [-0.1, -0.05) is 49.8 Å². The van der Waals surface area contributed by atoms with Crippen LogP contribution in [0.4, 0.5) is 11.8 Å². The molecule has 0 saturated heterocycles. The predicted molar refractivity (Wildman–Crippen MR) is 121 cm³/mol. The summed E-state index contributed by atoms with van der Waals surface area (Å²) in [5.41, 5.74) is 4.39. The molecule has 3 N–H and O–H groups in total. The Morgan fingerprint density at radius 3 is 2.90 bits per heavy atom. The topological polar surface area (TPSA) is 93.9 Å². The van der Waals surface area contributed by atoms with Crippen molar-refractivity contribution in [2.45, 2.75) is 58.1 Å². The Morgan fingerprint density at radius 1 is 1.30 bits per heavy atom. The van der Waals surface area contributed by atoms with Gasteiger partial charge in [0.25, 0.3) is 0 Å². The number of nitrogens with zero attached hydrogens (tertiary/aromatic N) is 3. The Kier molecular flexibility index (Phi) is 5.74. The van der Waals surface area contributed by atoms with Crippen LogP contribution in [-0.4, -0.2) is 33.8 Å². The maximum Gasteiger partial charge on any atom is 0.224 e. The molecule has 0 aliphatic heterocycles. The first-order chi connectivity index (χ1) is 14.4. The summed E-state index contributed by atoms with van der Waals surface area (Å²) in [4.78, 5) is 8.87. The van der Waals surface area contributed by atoms with Crippen molar-refractivity contribution >= 4 is 17.8 Å². The number of aliphatic hydroxyl groups is 1. The van der Waals surface area contributed by atoms with Crippen LogP contribution < -0.4 is 10.6 Å². The van der Waals surface area contributed by atoms with Gasteiger partial charge in [-0.25, -0.2) is 4.98 Å². The van der Waals surface area contributed by atoms with E-state index in [9.17, 15) is 10.4 Å². The van der Waals surface area contributed by atoms with Crippen LogP contribution >= 0.6 is 0 Å². The second-order valence-corrected chi connectivity index (χ2v) is 9.05. The van der Waals surface area contributed by atoms with Crippen LogP contribution in [0, 0.1) is 16.7 Å². The van der Waals surface area contributed by atoms with Gasteiger partial charge in [-0.3, -0.25) is 0 Å². The van der Waals surface area contributed by atoms with Crippen molar-refractivity contribution in [1.82, 2.24) is 9.97 Å². The molecule has 0 amide bonds. The third kappa shape index (κ3) is 4.47. The van der Waals surface area contributed by atoms with Crippen LogP contribution in [0.25, 0.3) is 6.08 Å². The molecule has 2 aliphatic carbocycles. The van der Waals surface area contributed by atoms with Crippen molar-refractivity contribution in [2.75, 3.05) is 17.2 Å². The van der Waals surface area contributed by atoms with Crippen molar-refractivity contribution in [3.05, 3.63) is 52.7 Å². The Morgan fingerprint density at radius 2 is 2.13 bits per heavy atom. The quantitative estimate of drug-likeness (QED) is 0.660. The van der Waals surface area contributed by atoms with Crippen LogP contribution in [-0.2, 0) is 6.42 Å². The van der Waals surface area contributed by atoms with Gasteiger partial charge in [-0.15, -0.1) is 0 Å². The third-order valence-electron chi connectivity index (χ3n) is 6.27. The maximum atomic E-state index is 10.2. The first-order valence-corrected chi connectivity index (χ1v) is 10.7. The Bertz CT molecular complexity index is 998. The minimum absolute atomic E-state index is 0. The van der Waals surface area contributed by atoms with Gasteiger partial charge in [0.1, 0.15) is 17.5 Å².